The average molecular weight is 512 g/mol. The molecule has 0 radical (unpaired) electrons. The van der Waals surface area contributed by atoms with Crippen molar-refractivity contribution >= 4 is 17.1 Å². The summed E-state index contributed by atoms with van der Waals surface area (Å²) in [5.74, 6) is 0.786. The lowest BCUT2D eigenvalue weighted by atomic mass is 10.1. The molecule has 37 heavy (non-hydrogen) atoms. The first kappa shape index (κ1) is 24.5. The maximum absolute atomic E-state index is 13.7. The summed E-state index contributed by atoms with van der Waals surface area (Å²) in [7, 11) is 1.45. The summed E-state index contributed by atoms with van der Waals surface area (Å²) in [5.41, 5.74) is -0.371. The fourth-order valence-electron chi connectivity index (χ4n) is 4.85. The van der Waals surface area contributed by atoms with Crippen LogP contribution >= 0.6 is 0 Å². The SMILES string of the molecule is COc1cccc2c1n(Cc1ccccc1C(F)(F)F)c(=O)n2[C@@H]1CCN(C(=O)Oc2ccccc2)C1. The van der Waals surface area contributed by atoms with Crippen molar-refractivity contribution in [2.75, 3.05) is 20.2 Å². The summed E-state index contributed by atoms with van der Waals surface area (Å²) in [4.78, 5) is 28.0. The monoisotopic (exact) mass is 511 g/mol. The van der Waals surface area contributed by atoms with Crippen molar-refractivity contribution in [2.45, 2.75) is 25.2 Å². The molecule has 7 nitrogen and oxygen atoms in total. The number of carbonyl (C=O) groups is 1. The van der Waals surface area contributed by atoms with Crippen LogP contribution in [-0.2, 0) is 12.7 Å². The number of rotatable bonds is 5. The van der Waals surface area contributed by atoms with E-state index in [1.807, 2.05) is 6.07 Å². The lowest BCUT2D eigenvalue weighted by molar-refractivity contribution is -0.138. The van der Waals surface area contributed by atoms with Crippen molar-refractivity contribution in [2.24, 2.45) is 0 Å². The number of hydrogen-bond acceptors (Lipinski definition) is 4. The average Bonchev–Trinajstić information content (AvgIpc) is 3.47. The third-order valence-electron chi connectivity index (χ3n) is 6.55. The number of amides is 1. The first-order chi connectivity index (χ1) is 17.8. The Morgan fingerprint density at radius 1 is 1.00 bits per heavy atom. The van der Waals surface area contributed by atoms with Crippen molar-refractivity contribution in [3.63, 3.8) is 0 Å². The Bertz CT molecular complexity index is 1490. The van der Waals surface area contributed by atoms with Crippen LogP contribution in [0.25, 0.3) is 11.0 Å². The van der Waals surface area contributed by atoms with Crippen LogP contribution < -0.4 is 15.2 Å². The van der Waals surface area contributed by atoms with Gasteiger partial charge in [-0.3, -0.25) is 9.13 Å². The molecule has 0 spiro atoms. The minimum absolute atomic E-state index is 0.0263. The predicted molar refractivity (Wildman–Crippen MR) is 131 cm³/mol. The van der Waals surface area contributed by atoms with E-state index < -0.39 is 23.5 Å². The van der Waals surface area contributed by atoms with Crippen LogP contribution in [0, 0.1) is 0 Å². The molecule has 3 aromatic carbocycles. The van der Waals surface area contributed by atoms with Gasteiger partial charge in [0.2, 0.25) is 0 Å². The molecule has 0 unspecified atom stereocenters. The van der Waals surface area contributed by atoms with E-state index in [-0.39, 0.29) is 24.7 Å². The molecule has 1 aliphatic heterocycles. The third-order valence-corrected chi connectivity index (χ3v) is 6.55. The van der Waals surface area contributed by atoms with Crippen LogP contribution in [0.1, 0.15) is 23.6 Å². The van der Waals surface area contributed by atoms with Gasteiger partial charge in [-0.05, 0) is 42.3 Å². The van der Waals surface area contributed by atoms with Crippen molar-refractivity contribution < 1.29 is 27.4 Å². The molecule has 5 rings (SSSR count). The molecule has 1 fully saturated rings. The van der Waals surface area contributed by atoms with Gasteiger partial charge in [0.05, 0.1) is 30.8 Å². The molecule has 2 heterocycles. The quantitative estimate of drug-likeness (QED) is 0.364. The number of likely N-dealkylation sites (tertiary alicyclic amines) is 1. The highest BCUT2D eigenvalue weighted by Gasteiger charge is 2.35. The summed E-state index contributed by atoms with van der Waals surface area (Å²) in [6.07, 6.45) is -4.60. The van der Waals surface area contributed by atoms with Gasteiger partial charge in [0.25, 0.3) is 0 Å². The zero-order chi connectivity index (χ0) is 26.2. The van der Waals surface area contributed by atoms with E-state index >= 15 is 0 Å². The Balaban J connectivity index is 1.52. The van der Waals surface area contributed by atoms with Crippen LogP contribution in [0.2, 0.25) is 0 Å². The van der Waals surface area contributed by atoms with Crippen LogP contribution in [0.15, 0.2) is 77.6 Å². The zero-order valence-electron chi connectivity index (χ0n) is 19.9. The highest BCUT2D eigenvalue weighted by atomic mass is 19.4. The first-order valence-corrected chi connectivity index (χ1v) is 11.7. The number of imidazole rings is 1. The smallest absolute Gasteiger partial charge is 0.416 e. The second kappa shape index (κ2) is 9.68. The number of methoxy groups -OCH3 is 1. The lowest BCUT2D eigenvalue weighted by Crippen LogP contribution is -2.34. The Morgan fingerprint density at radius 2 is 1.73 bits per heavy atom. The molecule has 1 amide bonds. The summed E-state index contributed by atoms with van der Waals surface area (Å²) >= 11 is 0. The first-order valence-electron chi connectivity index (χ1n) is 11.7. The number of fused-ring (bicyclic) bond motifs is 1. The predicted octanol–water partition coefficient (Wildman–Crippen LogP) is 5.32. The van der Waals surface area contributed by atoms with E-state index in [2.05, 4.69) is 0 Å². The fourth-order valence-corrected chi connectivity index (χ4v) is 4.85. The molecule has 0 aliphatic carbocycles. The lowest BCUT2D eigenvalue weighted by Gasteiger charge is -2.17. The van der Waals surface area contributed by atoms with Crippen LogP contribution in [-0.4, -0.2) is 40.3 Å². The van der Waals surface area contributed by atoms with E-state index in [1.54, 1.807) is 47.0 Å². The van der Waals surface area contributed by atoms with E-state index in [4.69, 9.17) is 9.47 Å². The summed E-state index contributed by atoms with van der Waals surface area (Å²) in [6, 6.07) is 18.6. The number of nitrogens with zero attached hydrogens (tertiary/aromatic N) is 3. The maximum Gasteiger partial charge on any atom is 0.416 e. The minimum atomic E-state index is -4.56. The van der Waals surface area contributed by atoms with Crippen molar-refractivity contribution in [1.29, 1.82) is 0 Å². The Kier molecular flexibility index (Phi) is 6.41. The molecule has 0 saturated carbocycles. The third kappa shape index (κ3) is 4.66. The number of ether oxygens (including phenoxy) is 2. The molecule has 0 N–H and O–H groups in total. The van der Waals surface area contributed by atoms with Gasteiger partial charge in [-0.15, -0.1) is 0 Å². The number of benzene rings is 3. The number of carbonyl (C=O) groups excluding carboxylic acids is 1. The summed E-state index contributed by atoms with van der Waals surface area (Å²) in [5, 5.41) is 0. The number of halogens is 3. The van der Waals surface area contributed by atoms with Crippen LogP contribution in [0.4, 0.5) is 18.0 Å². The number of aromatic nitrogens is 2. The number of para-hydroxylation sites is 2. The van der Waals surface area contributed by atoms with E-state index in [0.717, 1.165) is 6.07 Å². The minimum Gasteiger partial charge on any atom is -0.494 e. The molecule has 1 atom stereocenters. The zero-order valence-corrected chi connectivity index (χ0v) is 19.9. The molecule has 1 aromatic heterocycles. The topological polar surface area (TPSA) is 65.7 Å². The van der Waals surface area contributed by atoms with E-state index in [9.17, 15) is 22.8 Å². The Hall–Kier alpha value is -4.21. The highest BCUT2D eigenvalue weighted by molar-refractivity contribution is 5.83. The summed E-state index contributed by atoms with van der Waals surface area (Å²) < 4.78 is 54.8. The Labute approximate surface area is 210 Å². The molecule has 4 aromatic rings. The fraction of sp³-hybridized carbons (Fsp3) is 0.259. The van der Waals surface area contributed by atoms with E-state index in [0.29, 0.717) is 35.5 Å². The highest BCUT2D eigenvalue weighted by Crippen LogP contribution is 2.34. The standard InChI is InChI=1S/C27H24F3N3O4/c1-36-23-13-7-12-22-24(23)32(16-18-8-5-6-11-21(18)27(28,29)30)25(34)33(22)19-14-15-31(17-19)26(35)37-20-9-3-2-4-10-20/h2-13,19H,14-17H2,1H3/t19-/m1/s1. The van der Waals surface area contributed by atoms with Crippen LogP contribution in [0.5, 0.6) is 11.5 Å². The van der Waals surface area contributed by atoms with Gasteiger partial charge in [-0.2, -0.15) is 13.2 Å². The van der Waals surface area contributed by atoms with E-state index in [1.165, 1.54) is 34.8 Å². The Morgan fingerprint density at radius 3 is 2.46 bits per heavy atom. The van der Waals surface area contributed by atoms with Gasteiger partial charge < -0.3 is 14.4 Å². The number of alkyl halides is 3. The number of hydrogen-bond donors (Lipinski definition) is 0. The van der Waals surface area contributed by atoms with Gasteiger partial charge >= 0.3 is 18.0 Å². The van der Waals surface area contributed by atoms with Gasteiger partial charge in [-0.25, -0.2) is 9.59 Å². The normalized spacial score (nSPS) is 15.8. The molecular formula is C27H24F3N3O4. The van der Waals surface area contributed by atoms with Gasteiger partial charge in [0.1, 0.15) is 17.0 Å². The molecule has 0 bridgehead atoms. The largest absolute Gasteiger partial charge is 0.494 e. The molecule has 192 valence electrons. The molecular weight excluding hydrogens is 487 g/mol. The maximum atomic E-state index is 13.7. The van der Waals surface area contributed by atoms with Crippen molar-refractivity contribution in [3.8, 4) is 11.5 Å². The van der Waals surface area contributed by atoms with Gasteiger partial charge in [-0.1, -0.05) is 42.5 Å². The second-order valence-corrected chi connectivity index (χ2v) is 8.79. The van der Waals surface area contributed by atoms with Crippen molar-refractivity contribution in [3.05, 3.63) is 94.4 Å². The van der Waals surface area contributed by atoms with Crippen LogP contribution in [0.3, 0.4) is 0 Å². The van der Waals surface area contributed by atoms with Gasteiger partial charge in [0, 0.05) is 13.1 Å². The van der Waals surface area contributed by atoms with Crippen molar-refractivity contribution in [1.82, 2.24) is 14.0 Å². The molecule has 10 heteroatoms. The second-order valence-electron chi connectivity index (χ2n) is 8.79. The molecule has 1 aliphatic rings. The van der Waals surface area contributed by atoms with Gasteiger partial charge in [0.15, 0.2) is 0 Å². The summed E-state index contributed by atoms with van der Waals surface area (Å²) in [6.45, 7) is 0.308. The molecule has 1 saturated heterocycles.